The normalized spacial score (nSPS) is 21.5. The molecule has 4 rings (SSSR count). The topological polar surface area (TPSA) is 44.7 Å². The van der Waals surface area contributed by atoms with Gasteiger partial charge < -0.3 is 20.1 Å². The van der Waals surface area contributed by atoms with Crippen molar-refractivity contribution < 1.29 is 23.0 Å². The van der Waals surface area contributed by atoms with Crippen LogP contribution < -0.4 is 10.2 Å². The Labute approximate surface area is 173 Å². The summed E-state index contributed by atoms with van der Waals surface area (Å²) >= 11 is 0. The molecule has 1 saturated heterocycles. The number of ether oxygens (including phenoxy) is 1. The van der Waals surface area contributed by atoms with E-state index in [1.165, 1.54) is 6.08 Å². The van der Waals surface area contributed by atoms with Crippen LogP contribution in [0.3, 0.4) is 0 Å². The predicted octanol–water partition coefficient (Wildman–Crippen LogP) is 4.37. The molecular formula is C23H23F3N2O2. The fourth-order valence-electron chi connectivity index (χ4n) is 3.82. The van der Waals surface area contributed by atoms with Gasteiger partial charge in [-0.25, -0.2) is 0 Å². The van der Waals surface area contributed by atoms with Gasteiger partial charge in [0.2, 0.25) is 0 Å². The summed E-state index contributed by atoms with van der Waals surface area (Å²) in [4.78, 5) is 2.15. The Morgan fingerprint density at radius 2 is 1.90 bits per heavy atom. The van der Waals surface area contributed by atoms with Crippen LogP contribution in [0.1, 0.15) is 12.0 Å². The quantitative estimate of drug-likeness (QED) is 0.760. The highest BCUT2D eigenvalue weighted by molar-refractivity contribution is 5.69. The van der Waals surface area contributed by atoms with E-state index in [1.807, 2.05) is 48.5 Å². The molecule has 2 unspecified atom stereocenters. The van der Waals surface area contributed by atoms with E-state index >= 15 is 0 Å². The molecule has 4 nitrogen and oxygen atoms in total. The van der Waals surface area contributed by atoms with E-state index in [-0.39, 0.29) is 12.7 Å². The van der Waals surface area contributed by atoms with Gasteiger partial charge in [-0.05, 0) is 41.8 Å². The van der Waals surface area contributed by atoms with E-state index in [9.17, 15) is 18.3 Å². The Kier molecular flexibility index (Phi) is 5.83. The van der Waals surface area contributed by atoms with Crippen molar-refractivity contribution in [2.45, 2.75) is 31.5 Å². The van der Waals surface area contributed by atoms with Crippen LogP contribution in [-0.2, 0) is 11.3 Å². The van der Waals surface area contributed by atoms with Crippen molar-refractivity contribution in [3.63, 3.8) is 0 Å². The summed E-state index contributed by atoms with van der Waals surface area (Å²) in [5.74, 6) is 0. The van der Waals surface area contributed by atoms with Gasteiger partial charge in [-0.15, -0.1) is 0 Å². The maximum absolute atomic E-state index is 12.7. The number of benzene rings is 2. The van der Waals surface area contributed by atoms with Crippen LogP contribution in [0.2, 0.25) is 0 Å². The minimum Gasteiger partial charge on any atom is -0.392 e. The average molecular weight is 416 g/mol. The van der Waals surface area contributed by atoms with Gasteiger partial charge >= 0.3 is 6.18 Å². The summed E-state index contributed by atoms with van der Waals surface area (Å²) < 4.78 is 44.0. The van der Waals surface area contributed by atoms with Crippen molar-refractivity contribution in [3.8, 4) is 11.1 Å². The number of halogens is 3. The Bertz CT molecular complexity index is 941. The second kappa shape index (κ2) is 8.53. The van der Waals surface area contributed by atoms with Gasteiger partial charge in [-0.2, -0.15) is 13.2 Å². The molecule has 1 fully saturated rings. The summed E-state index contributed by atoms with van der Waals surface area (Å²) in [6.07, 6.45) is -0.937. The van der Waals surface area contributed by atoms with Crippen molar-refractivity contribution in [3.05, 3.63) is 78.0 Å². The predicted molar refractivity (Wildman–Crippen MR) is 110 cm³/mol. The molecule has 2 aromatic rings. The number of aliphatic hydroxyl groups is 1. The average Bonchev–Trinajstić information content (AvgIpc) is 3.22. The third-order valence-electron chi connectivity index (χ3n) is 5.36. The second-order valence-corrected chi connectivity index (χ2v) is 7.40. The van der Waals surface area contributed by atoms with Crippen LogP contribution in [0, 0.1) is 0 Å². The van der Waals surface area contributed by atoms with Gasteiger partial charge in [0.05, 0.1) is 18.3 Å². The molecular weight excluding hydrogens is 393 g/mol. The highest BCUT2D eigenvalue weighted by atomic mass is 19.4. The largest absolute Gasteiger partial charge is 0.417 e. The molecule has 2 atom stereocenters. The molecule has 7 heteroatoms. The van der Waals surface area contributed by atoms with E-state index < -0.39 is 18.0 Å². The smallest absolute Gasteiger partial charge is 0.392 e. The number of dihydropyridines is 1. The molecule has 2 aliphatic heterocycles. The van der Waals surface area contributed by atoms with E-state index in [4.69, 9.17) is 4.74 Å². The molecule has 30 heavy (non-hydrogen) atoms. The number of hydrogen-bond acceptors (Lipinski definition) is 4. The first-order valence-corrected chi connectivity index (χ1v) is 9.85. The van der Waals surface area contributed by atoms with Gasteiger partial charge in [0.1, 0.15) is 6.23 Å². The fraction of sp³-hybridized carbons (Fsp3) is 0.304. The van der Waals surface area contributed by atoms with Gasteiger partial charge in [0.25, 0.3) is 0 Å². The number of nitrogens with one attached hydrogen (secondary N) is 1. The molecule has 0 aromatic heterocycles. The fourth-order valence-corrected chi connectivity index (χ4v) is 3.82. The van der Waals surface area contributed by atoms with E-state index in [0.717, 1.165) is 47.6 Å². The number of allylic oxidation sites excluding steroid dienone is 2. The minimum absolute atomic E-state index is 0.0734. The van der Waals surface area contributed by atoms with Crippen molar-refractivity contribution in [2.24, 2.45) is 0 Å². The maximum Gasteiger partial charge on any atom is 0.417 e. The van der Waals surface area contributed by atoms with Crippen molar-refractivity contribution in [1.29, 1.82) is 0 Å². The minimum atomic E-state index is -4.37. The molecule has 2 aromatic carbocycles. The molecule has 0 bridgehead atoms. The number of anilines is 1. The zero-order valence-electron chi connectivity index (χ0n) is 16.3. The molecule has 0 spiro atoms. The van der Waals surface area contributed by atoms with Crippen molar-refractivity contribution in [1.82, 2.24) is 5.32 Å². The molecule has 0 radical (unpaired) electrons. The lowest BCUT2D eigenvalue weighted by Crippen LogP contribution is -2.35. The highest BCUT2D eigenvalue weighted by Gasteiger charge is 2.34. The Morgan fingerprint density at radius 3 is 2.57 bits per heavy atom. The molecule has 0 aliphatic carbocycles. The number of aliphatic hydroxyl groups excluding tert-OH is 1. The van der Waals surface area contributed by atoms with Crippen molar-refractivity contribution in [2.75, 3.05) is 18.0 Å². The lowest BCUT2D eigenvalue weighted by atomic mass is 10.0. The van der Waals surface area contributed by atoms with Gasteiger partial charge in [0.15, 0.2) is 0 Å². The first-order chi connectivity index (χ1) is 14.4. The Balaban J connectivity index is 1.40. The van der Waals surface area contributed by atoms with Crippen LogP contribution in [0.4, 0.5) is 18.9 Å². The third kappa shape index (κ3) is 4.52. The first kappa shape index (κ1) is 20.5. The van der Waals surface area contributed by atoms with Crippen LogP contribution >= 0.6 is 0 Å². The van der Waals surface area contributed by atoms with Crippen LogP contribution in [-0.4, -0.2) is 36.7 Å². The number of alkyl halides is 3. The zero-order chi connectivity index (χ0) is 21.1. The van der Waals surface area contributed by atoms with Gasteiger partial charge in [0, 0.05) is 30.5 Å². The van der Waals surface area contributed by atoms with E-state index in [0.29, 0.717) is 6.54 Å². The van der Waals surface area contributed by atoms with Crippen LogP contribution in [0.25, 0.3) is 11.1 Å². The van der Waals surface area contributed by atoms with E-state index in [1.54, 1.807) is 0 Å². The standard InChI is InChI=1S/C23H23F3N2O2/c24-23(25,26)19-7-9-22(27-13-19)30-20-10-11-28(14-20)21-8-6-17(12-18(21)15-29)16-4-2-1-3-5-16/h1-9,12-13,20,22,27,29H,10-11,14-15H2. The number of rotatable bonds is 5. The molecule has 2 aliphatic rings. The molecule has 2 N–H and O–H groups in total. The van der Waals surface area contributed by atoms with Crippen LogP contribution in [0.15, 0.2) is 72.5 Å². The summed E-state index contributed by atoms with van der Waals surface area (Å²) in [6, 6.07) is 16.0. The number of hydrogen-bond donors (Lipinski definition) is 2. The third-order valence-corrected chi connectivity index (χ3v) is 5.36. The van der Waals surface area contributed by atoms with Gasteiger partial charge in [-0.1, -0.05) is 36.4 Å². The molecule has 2 heterocycles. The van der Waals surface area contributed by atoms with Crippen molar-refractivity contribution >= 4 is 5.69 Å². The SMILES string of the molecule is OCc1cc(-c2ccccc2)ccc1N1CCC(OC2C=CC(C(F)(F)F)=CN2)C1. The summed E-state index contributed by atoms with van der Waals surface area (Å²) in [7, 11) is 0. The molecule has 0 saturated carbocycles. The lowest BCUT2D eigenvalue weighted by molar-refractivity contribution is -0.0896. The zero-order valence-corrected chi connectivity index (χ0v) is 16.3. The summed E-state index contributed by atoms with van der Waals surface area (Å²) in [5.41, 5.74) is 3.20. The van der Waals surface area contributed by atoms with Gasteiger partial charge in [-0.3, -0.25) is 0 Å². The summed E-state index contributed by atoms with van der Waals surface area (Å²) in [6.45, 7) is 1.29. The Hall–Kier alpha value is -2.77. The van der Waals surface area contributed by atoms with Crippen LogP contribution in [0.5, 0.6) is 0 Å². The second-order valence-electron chi connectivity index (χ2n) is 7.40. The first-order valence-electron chi connectivity index (χ1n) is 9.85. The molecule has 158 valence electrons. The maximum atomic E-state index is 12.7. The van der Waals surface area contributed by atoms with E-state index in [2.05, 4.69) is 10.2 Å². The number of nitrogens with zero attached hydrogens (tertiary/aromatic N) is 1. The lowest BCUT2D eigenvalue weighted by Gasteiger charge is -2.25. The highest BCUT2D eigenvalue weighted by Crippen LogP contribution is 2.31. The Morgan fingerprint density at radius 1 is 1.10 bits per heavy atom. The monoisotopic (exact) mass is 416 g/mol. The molecule has 0 amide bonds. The summed E-state index contributed by atoms with van der Waals surface area (Å²) in [5, 5.41) is 12.5.